The maximum atomic E-state index is 12.7. The molecule has 2 rings (SSSR count). The zero-order valence-corrected chi connectivity index (χ0v) is 18.2. The fourth-order valence-electron chi connectivity index (χ4n) is 3.89. The number of carbonyl (C=O) groups excluding carboxylic acids is 1. The molecule has 0 radical (unpaired) electrons. The van der Waals surface area contributed by atoms with Gasteiger partial charge in [0.05, 0.1) is 11.5 Å². The van der Waals surface area contributed by atoms with Gasteiger partial charge in [0, 0.05) is 11.1 Å². The fraction of sp³-hybridized carbons (Fsp3) is 0.636. The summed E-state index contributed by atoms with van der Waals surface area (Å²) >= 11 is 6.13. The van der Waals surface area contributed by atoms with E-state index in [0.717, 1.165) is 17.5 Å². The SMILES string of the molecule is Cc1cc(Cl)ccc1C1(C#N)CC(C(=O)OC(C)(C)C)NC1CC(C)(C)C. The molecule has 3 unspecified atom stereocenters. The van der Waals surface area contributed by atoms with Crippen LogP contribution >= 0.6 is 11.6 Å². The summed E-state index contributed by atoms with van der Waals surface area (Å²) in [5, 5.41) is 14.4. The number of benzene rings is 1. The zero-order chi connectivity index (χ0) is 20.6. The van der Waals surface area contributed by atoms with Crippen LogP contribution in [0.5, 0.6) is 0 Å². The Hall–Kier alpha value is -1.57. The number of nitrogens with zero attached hydrogens (tertiary/aromatic N) is 1. The second kappa shape index (κ2) is 7.45. The number of nitrogens with one attached hydrogen (secondary N) is 1. The highest BCUT2D eigenvalue weighted by atomic mass is 35.5. The van der Waals surface area contributed by atoms with Gasteiger partial charge in [-0.2, -0.15) is 5.26 Å². The molecule has 1 aliphatic heterocycles. The number of halogens is 1. The van der Waals surface area contributed by atoms with E-state index in [1.807, 2.05) is 45.9 Å². The molecule has 27 heavy (non-hydrogen) atoms. The lowest BCUT2D eigenvalue weighted by atomic mass is 9.69. The summed E-state index contributed by atoms with van der Waals surface area (Å²) in [6.45, 7) is 14.0. The molecule has 0 aliphatic carbocycles. The third-order valence-corrected chi connectivity index (χ3v) is 5.13. The maximum Gasteiger partial charge on any atom is 0.323 e. The van der Waals surface area contributed by atoms with Crippen molar-refractivity contribution in [1.82, 2.24) is 5.32 Å². The predicted octanol–water partition coefficient (Wildman–Crippen LogP) is 4.92. The molecule has 0 saturated carbocycles. The second-order valence-electron chi connectivity index (χ2n) is 9.82. The van der Waals surface area contributed by atoms with Gasteiger partial charge < -0.3 is 4.74 Å². The number of aryl methyl sites for hydroxylation is 1. The molecule has 0 amide bonds. The van der Waals surface area contributed by atoms with E-state index < -0.39 is 17.1 Å². The van der Waals surface area contributed by atoms with Gasteiger partial charge in [0.2, 0.25) is 0 Å². The van der Waals surface area contributed by atoms with Crippen LogP contribution in [0.3, 0.4) is 0 Å². The third-order valence-electron chi connectivity index (χ3n) is 4.90. The summed E-state index contributed by atoms with van der Waals surface area (Å²) in [4.78, 5) is 12.7. The van der Waals surface area contributed by atoms with E-state index in [2.05, 4.69) is 32.2 Å². The minimum Gasteiger partial charge on any atom is -0.459 e. The van der Waals surface area contributed by atoms with E-state index in [9.17, 15) is 10.1 Å². The standard InChI is InChI=1S/C22H31ClN2O2/c1-14-10-15(23)8-9-16(14)22(13-24)11-17(19(26)27-21(5,6)7)25-18(22)12-20(2,3)4/h8-10,17-18,25H,11-12H2,1-7H3. The fourth-order valence-corrected chi connectivity index (χ4v) is 4.11. The minimum absolute atomic E-state index is 0.00290. The van der Waals surface area contributed by atoms with Gasteiger partial charge in [-0.3, -0.25) is 10.1 Å². The van der Waals surface area contributed by atoms with E-state index in [0.29, 0.717) is 11.4 Å². The number of hydrogen-bond donors (Lipinski definition) is 1. The third kappa shape index (κ3) is 5.03. The van der Waals surface area contributed by atoms with Crippen molar-refractivity contribution in [2.45, 2.75) is 84.4 Å². The van der Waals surface area contributed by atoms with Crippen LogP contribution in [0, 0.1) is 23.7 Å². The van der Waals surface area contributed by atoms with E-state index in [-0.39, 0.29) is 17.4 Å². The van der Waals surface area contributed by atoms with Crippen molar-refractivity contribution in [2.75, 3.05) is 0 Å². The Morgan fingerprint density at radius 1 is 1.33 bits per heavy atom. The summed E-state index contributed by atoms with van der Waals surface area (Å²) in [5.41, 5.74) is 0.538. The molecular formula is C22H31ClN2O2. The van der Waals surface area contributed by atoms with Crippen molar-refractivity contribution < 1.29 is 9.53 Å². The Kier molecular flexibility index (Phi) is 5.99. The first-order chi connectivity index (χ1) is 12.3. The van der Waals surface area contributed by atoms with E-state index in [1.165, 1.54) is 0 Å². The van der Waals surface area contributed by atoms with Crippen molar-refractivity contribution in [3.05, 3.63) is 34.3 Å². The van der Waals surface area contributed by atoms with Gasteiger partial charge in [-0.15, -0.1) is 0 Å². The monoisotopic (exact) mass is 390 g/mol. The molecule has 5 heteroatoms. The Morgan fingerprint density at radius 3 is 2.44 bits per heavy atom. The zero-order valence-electron chi connectivity index (χ0n) is 17.4. The quantitative estimate of drug-likeness (QED) is 0.744. The molecule has 1 fully saturated rings. The average molecular weight is 391 g/mol. The lowest BCUT2D eigenvalue weighted by Gasteiger charge is -2.34. The van der Waals surface area contributed by atoms with Crippen LogP contribution in [0.4, 0.5) is 0 Å². The van der Waals surface area contributed by atoms with Gasteiger partial charge >= 0.3 is 5.97 Å². The van der Waals surface area contributed by atoms with Crippen LogP contribution in [-0.4, -0.2) is 23.7 Å². The van der Waals surface area contributed by atoms with Gasteiger partial charge in [0.15, 0.2) is 0 Å². The maximum absolute atomic E-state index is 12.7. The van der Waals surface area contributed by atoms with Gasteiger partial charge in [-0.25, -0.2) is 0 Å². The highest BCUT2D eigenvalue weighted by molar-refractivity contribution is 6.30. The van der Waals surface area contributed by atoms with Gasteiger partial charge in [0.25, 0.3) is 0 Å². The molecule has 4 nitrogen and oxygen atoms in total. The predicted molar refractivity (Wildman–Crippen MR) is 109 cm³/mol. The number of ether oxygens (including phenoxy) is 1. The van der Waals surface area contributed by atoms with Gasteiger partial charge in [-0.05, 0) is 69.2 Å². The Balaban J connectivity index is 2.47. The molecule has 3 atom stereocenters. The minimum atomic E-state index is -0.802. The summed E-state index contributed by atoms with van der Waals surface area (Å²) in [5.74, 6) is -0.301. The first kappa shape index (κ1) is 21.7. The molecule has 1 N–H and O–H groups in total. The van der Waals surface area contributed by atoms with Gasteiger partial charge in [-0.1, -0.05) is 38.4 Å². The van der Waals surface area contributed by atoms with Crippen LogP contribution in [-0.2, 0) is 14.9 Å². The lowest BCUT2D eigenvalue weighted by Crippen LogP contribution is -2.44. The topological polar surface area (TPSA) is 62.1 Å². The van der Waals surface area contributed by atoms with Crippen molar-refractivity contribution >= 4 is 17.6 Å². The summed E-state index contributed by atoms with van der Waals surface area (Å²) < 4.78 is 5.59. The van der Waals surface area contributed by atoms with Crippen LogP contribution in [0.2, 0.25) is 5.02 Å². The van der Waals surface area contributed by atoms with Crippen LogP contribution in [0.1, 0.15) is 65.5 Å². The highest BCUT2D eigenvalue weighted by Crippen LogP contribution is 2.44. The number of esters is 1. The number of rotatable bonds is 3. The smallest absolute Gasteiger partial charge is 0.323 e. The van der Waals surface area contributed by atoms with Crippen molar-refractivity contribution in [3.8, 4) is 6.07 Å². The molecule has 0 bridgehead atoms. The van der Waals surface area contributed by atoms with Crippen LogP contribution in [0.25, 0.3) is 0 Å². The van der Waals surface area contributed by atoms with Crippen molar-refractivity contribution in [2.24, 2.45) is 5.41 Å². The van der Waals surface area contributed by atoms with Crippen LogP contribution in [0.15, 0.2) is 18.2 Å². The second-order valence-corrected chi connectivity index (χ2v) is 10.3. The molecule has 0 aromatic heterocycles. The number of carbonyl (C=O) groups is 1. The lowest BCUT2D eigenvalue weighted by molar-refractivity contribution is -0.157. The van der Waals surface area contributed by atoms with E-state index in [1.54, 1.807) is 0 Å². The van der Waals surface area contributed by atoms with Gasteiger partial charge in [0.1, 0.15) is 11.6 Å². The summed E-state index contributed by atoms with van der Waals surface area (Å²) in [6, 6.07) is 7.52. The van der Waals surface area contributed by atoms with Crippen molar-refractivity contribution in [3.63, 3.8) is 0 Å². The molecule has 0 spiro atoms. The highest BCUT2D eigenvalue weighted by Gasteiger charge is 2.53. The largest absolute Gasteiger partial charge is 0.459 e. The summed E-state index contributed by atoms with van der Waals surface area (Å²) in [6.07, 6.45) is 1.16. The Morgan fingerprint density at radius 2 is 1.96 bits per heavy atom. The Bertz CT molecular complexity index is 755. The Labute approximate surface area is 168 Å². The normalized spacial score (nSPS) is 25.9. The number of nitriles is 1. The molecule has 1 saturated heterocycles. The van der Waals surface area contributed by atoms with E-state index in [4.69, 9.17) is 16.3 Å². The average Bonchev–Trinajstić information content (AvgIpc) is 2.83. The molecular weight excluding hydrogens is 360 g/mol. The molecule has 148 valence electrons. The van der Waals surface area contributed by atoms with Crippen LogP contribution < -0.4 is 5.32 Å². The van der Waals surface area contributed by atoms with Crippen molar-refractivity contribution in [1.29, 1.82) is 5.26 Å². The molecule has 1 aromatic rings. The molecule has 1 heterocycles. The number of hydrogen-bond acceptors (Lipinski definition) is 4. The molecule has 1 aromatic carbocycles. The first-order valence-corrected chi connectivity index (χ1v) is 9.82. The molecule has 1 aliphatic rings. The van der Waals surface area contributed by atoms with E-state index >= 15 is 0 Å². The summed E-state index contributed by atoms with van der Waals surface area (Å²) in [7, 11) is 0. The first-order valence-electron chi connectivity index (χ1n) is 9.44.